The summed E-state index contributed by atoms with van der Waals surface area (Å²) in [7, 11) is 0. The van der Waals surface area contributed by atoms with Crippen molar-refractivity contribution in [1.82, 2.24) is 0 Å². The summed E-state index contributed by atoms with van der Waals surface area (Å²) >= 11 is 0. The van der Waals surface area contributed by atoms with Crippen molar-refractivity contribution in [2.45, 2.75) is 6.36 Å². The van der Waals surface area contributed by atoms with Crippen LogP contribution in [-0.2, 0) is 9.90 Å². The summed E-state index contributed by atoms with van der Waals surface area (Å²) in [5.41, 5.74) is 0. The van der Waals surface area contributed by atoms with Gasteiger partial charge in [0.25, 0.3) is 6.36 Å². The summed E-state index contributed by atoms with van der Waals surface area (Å²) < 4.78 is 10.8. The number of alkyl halides is 1. The molecule has 0 rings (SSSR count). The van der Waals surface area contributed by atoms with E-state index < -0.39 is 6.36 Å². The van der Waals surface area contributed by atoms with Gasteiger partial charge in [0.2, 0.25) is 0 Å². The third-order valence-corrected chi connectivity index (χ3v) is 0.199. The number of hydrogen-bond donors (Lipinski definition) is 0. The van der Waals surface area contributed by atoms with E-state index >= 15 is 0 Å². The van der Waals surface area contributed by atoms with Gasteiger partial charge in [0, 0.05) is 0 Å². The zero-order valence-electron chi connectivity index (χ0n) is 2.85. The molecule has 0 amide bonds. The molecular formula is C3H2FO2. The van der Waals surface area contributed by atoms with Crippen LogP contribution in [0.25, 0.3) is 0 Å². The van der Waals surface area contributed by atoms with Crippen molar-refractivity contribution in [3.8, 4) is 0 Å². The minimum atomic E-state index is -2.40. The van der Waals surface area contributed by atoms with Crippen LogP contribution in [0.4, 0.5) is 4.39 Å². The van der Waals surface area contributed by atoms with Crippen LogP contribution in [0.15, 0.2) is 6.08 Å². The number of carbonyl (C=O) groups excluding carboxylic acids is 1. The quantitative estimate of drug-likeness (QED) is 0.420. The van der Waals surface area contributed by atoms with E-state index in [-0.39, 0.29) is 6.08 Å². The molecule has 3 heteroatoms. The predicted octanol–water partition coefficient (Wildman–Crippen LogP) is 0.100. The Morgan fingerprint density at radius 2 is 2.33 bits per heavy atom. The average Bonchev–Trinajstić information content (AvgIpc) is 1.35. The Bertz CT molecular complexity index is 72.9. The Morgan fingerprint density at radius 3 is 2.33 bits per heavy atom. The van der Waals surface area contributed by atoms with Crippen LogP contribution >= 0.6 is 0 Å². The van der Waals surface area contributed by atoms with Crippen molar-refractivity contribution in [2.75, 3.05) is 0 Å². The number of halogens is 1. The van der Waals surface area contributed by atoms with Crippen LogP contribution in [-0.4, -0.2) is 12.3 Å². The van der Waals surface area contributed by atoms with Crippen LogP contribution in [0.5, 0.6) is 0 Å². The van der Waals surface area contributed by atoms with E-state index in [0.717, 1.165) is 5.94 Å². The highest BCUT2D eigenvalue weighted by Gasteiger charge is 1.89. The largest absolute Gasteiger partial charge is 0.260 e. The summed E-state index contributed by atoms with van der Waals surface area (Å²) in [6.45, 7) is 0. The van der Waals surface area contributed by atoms with Crippen LogP contribution in [0.3, 0.4) is 0 Å². The molecule has 1 radical (unpaired) electrons. The Labute approximate surface area is 33.9 Å². The summed E-state index contributed by atoms with van der Waals surface area (Å²) in [4.78, 5) is 8.99. The smallest absolute Gasteiger partial charge is 0.234 e. The van der Waals surface area contributed by atoms with Gasteiger partial charge in [0.05, 0.1) is 6.08 Å². The normalized spacial score (nSPS) is 12.3. The molecule has 0 saturated heterocycles. The molecule has 0 aliphatic heterocycles. The predicted molar refractivity (Wildman–Crippen MR) is 15.8 cm³/mol. The fraction of sp³-hybridized carbons (Fsp3) is 0.333. The standard InChI is InChI=1S/C3H2FO2/c4-3(6)1-2-5/h1,3H. The molecule has 2 nitrogen and oxygen atoms in total. The van der Waals surface area contributed by atoms with Gasteiger partial charge in [-0.05, 0) is 0 Å². The van der Waals surface area contributed by atoms with Crippen LogP contribution in [0, 0.1) is 0 Å². The molecule has 33 valence electrons. The molecule has 0 bridgehead atoms. The first-order valence-electron chi connectivity index (χ1n) is 1.28. The lowest BCUT2D eigenvalue weighted by molar-refractivity contribution is 0.0199. The highest BCUT2D eigenvalue weighted by atomic mass is 19.1. The van der Waals surface area contributed by atoms with Crippen LogP contribution < -0.4 is 0 Å². The molecule has 0 saturated carbocycles. The van der Waals surface area contributed by atoms with Gasteiger partial charge < -0.3 is 0 Å². The third-order valence-electron chi connectivity index (χ3n) is 0.199. The monoisotopic (exact) mass is 89.0 g/mol. The molecule has 0 N–H and O–H groups in total. The highest BCUT2D eigenvalue weighted by Crippen LogP contribution is 1.79. The highest BCUT2D eigenvalue weighted by molar-refractivity contribution is 5.45. The summed E-state index contributed by atoms with van der Waals surface area (Å²) in [6, 6.07) is 0. The Hall–Kier alpha value is -0.660. The van der Waals surface area contributed by atoms with Crippen molar-refractivity contribution < 1.29 is 14.3 Å². The van der Waals surface area contributed by atoms with Crippen molar-refractivity contribution in [3.05, 3.63) is 6.08 Å². The SMILES string of the molecule is [O]C(F)C=C=O. The lowest BCUT2D eigenvalue weighted by Gasteiger charge is -1.73. The topological polar surface area (TPSA) is 37.0 Å². The molecule has 1 unspecified atom stereocenters. The molecule has 0 heterocycles. The Kier molecular flexibility index (Phi) is 2.29. The summed E-state index contributed by atoms with van der Waals surface area (Å²) in [5.74, 6) is 1.00. The first-order valence-corrected chi connectivity index (χ1v) is 1.28. The van der Waals surface area contributed by atoms with Crippen molar-refractivity contribution in [1.29, 1.82) is 0 Å². The zero-order valence-corrected chi connectivity index (χ0v) is 2.85. The maximum Gasteiger partial charge on any atom is 0.260 e. The second-order valence-corrected chi connectivity index (χ2v) is 0.636. The zero-order chi connectivity index (χ0) is 4.99. The van der Waals surface area contributed by atoms with E-state index in [9.17, 15) is 4.39 Å². The molecule has 6 heavy (non-hydrogen) atoms. The molecule has 0 aliphatic rings. The lowest BCUT2D eigenvalue weighted by atomic mass is 10.7. The van der Waals surface area contributed by atoms with Gasteiger partial charge in [-0.2, -0.15) is 5.11 Å². The lowest BCUT2D eigenvalue weighted by Crippen LogP contribution is -1.85. The first kappa shape index (κ1) is 5.34. The third kappa shape index (κ3) is 3.34. The molecule has 0 fully saturated rings. The van der Waals surface area contributed by atoms with Gasteiger partial charge in [0.1, 0.15) is 5.94 Å². The van der Waals surface area contributed by atoms with E-state index in [4.69, 9.17) is 9.90 Å². The molecule has 0 spiro atoms. The van der Waals surface area contributed by atoms with Gasteiger partial charge in [-0.15, -0.1) is 0 Å². The number of rotatable bonds is 1. The second kappa shape index (κ2) is 2.57. The Balaban J connectivity index is 3.29. The number of hydrogen-bond acceptors (Lipinski definition) is 1. The van der Waals surface area contributed by atoms with Gasteiger partial charge in [-0.25, -0.2) is 9.18 Å². The van der Waals surface area contributed by atoms with E-state index in [0.29, 0.717) is 0 Å². The van der Waals surface area contributed by atoms with Crippen molar-refractivity contribution in [3.63, 3.8) is 0 Å². The minimum absolute atomic E-state index is 0.264. The molecule has 0 aromatic heterocycles. The summed E-state index contributed by atoms with van der Waals surface area (Å²) in [5, 5.41) is 9.14. The molecule has 1 atom stereocenters. The molecule has 0 aromatic rings. The minimum Gasteiger partial charge on any atom is -0.234 e. The van der Waals surface area contributed by atoms with E-state index in [1.807, 2.05) is 0 Å². The van der Waals surface area contributed by atoms with Crippen molar-refractivity contribution >= 4 is 5.94 Å². The van der Waals surface area contributed by atoms with E-state index in [1.54, 1.807) is 0 Å². The fourth-order valence-electron chi connectivity index (χ4n) is 0.0535. The average molecular weight is 89.0 g/mol. The van der Waals surface area contributed by atoms with Crippen LogP contribution in [0.2, 0.25) is 0 Å². The van der Waals surface area contributed by atoms with Gasteiger partial charge in [-0.3, -0.25) is 0 Å². The summed E-state index contributed by atoms with van der Waals surface area (Å²) in [6.07, 6.45) is -2.14. The van der Waals surface area contributed by atoms with Crippen molar-refractivity contribution in [2.24, 2.45) is 0 Å². The van der Waals surface area contributed by atoms with E-state index in [1.165, 1.54) is 0 Å². The van der Waals surface area contributed by atoms with Crippen LogP contribution in [0.1, 0.15) is 0 Å². The van der Waals surface area contributed by atoms with Gasteiger partial charge in [-0.1, -0.05) is 0 Å². The second-order valence-electron chi connectivity index (χ2n) is 0.636. The van der Waals surface area contributed by atoms with E-state index in [2.05, 4.69) is 0 Å². The maximum atomic E-state index is 10.8. The molecule has 0 aromatic carbocycles. The maximum absolute atomic E-state index is 10.8. The first-order chi connectivity index (χ1) is 2.77. The van der Waals surface area contributed by atoms with Gasteiger partial charge in [0.15, 0.2) is 0 Å². The fourth-order valence-corrected chi connectivity index (χ4v) is 0.0535. The Morgan fingerprint density at radius 1 is 1.83 bits per heavy atom. The molecule has 0 aliphatic carbocycles. The van der Waals surface area contributed by atoms with Gasteiger partial charge >= 0.3 is 0 Å². The molecular weight excluding hydrogens is 87.0 g/mol.